The molecule has 4 nitrogen and oxygen atoms in total. The lowest BCUT2D eigenvalue weighted by molar-refractivity contribution is -0.107. The molecule has 0 aliphatic carbocycles. The first-order chi connectivity index (χ1) is 8.02. The fourth-order valence-corrected chi connectivity index (χ4v) is 2.97. The molecule has 0 bridgehead atoms. The Hall–Kier alpha value is -1.20. The van der Waals surface area contributed by atoms with Crippen LogP contribution in [0.1, 0.15) is 18.9 Å². The summed E-state index contributed by atoms with van der Waals surface area (Å²) in [5, 5.41) is 0. The van der Waals surface area contributed by atoms with Gasteiger partial charge in [0.25, 0.3) is 0 Å². The maximum Gasteiger partial charge on any atom is 0.243 e. The normalized spacial score (nSPS) is 11.7. The van der Waals surface area contributed by atoms with E-state index >= 15 is 0 Å². The summed E-state index contributed by atoms with van der Waals surface area (Å²) >= 11 is 0. The maximum atomic E-state index is 12.2. The zero-order chi connectivity index (χ0) is 12.9. The second-order valence-corrected chi connectivity index (χ2v) is 5.70. The smallest absolute Gasteiger partial charge is 0.243 e. The standard InChI is InChI=1S/C12H17NO3S/c1-3-13(9-4-10-14)17(15,16)12-7-5-11(2)6-8-12/h5-8,10H,3-4,9H2,1-2H3. The first-order valence-electron chi connectivity index (χ1n) is 5.52. The van der Waals surface area contributed by atoms with Crippen molar-refractivity contribution in [3.8, 4) is 0 Å². The minimum atomic E-state index is -3.47. The molecule has 0 heterocycles. The highest BCUT2D eigenvalue weighted by molar-refractivity contribution is 7.89. The molecule has 0 fully saturated rings. The van der Waals surface area contributed by atoms with Crippen LogP contribution in [0, 0.1) is 6.92 Å². The van der Waals surface area contributed by atoms with Crippen LogP contribution in [0.2, 0.25) is 0 Å². The van der Waals surface area contributed by atoms with Gasteiger partial charge in [0.2, 0.25) is 10.0 Å². The maximum absolute atomic E-state index is 12.2. The summed E-state index contributed by atoms with van der Waals surface area (Å²) < 4.78 is 25.7. The molecule has 0 N–H and O–H groups in total. The van der Waals surface area contributed by atoms with Crippen molar-refractivity contribution in [2.45, 2.75) is 25.2 Å². The number of benzene rings is 1. The topological polar surface area (TPSA) is 54.5 Å². The number of rotatable bonds is 6. The molecule has 0 atom stereocenters. The molecule has 1 aromatic carbocycles. The Morgan fingerprint density at radius 3 is 2.29 bits per heavy atom. The molecule has 0 aliphatic heterocycles. The van der Waals surface area contributed by atoms with Gasteiger partial charge in [0, 0.05) is 19.5 Å². The molecule has 0 saturated heterocycles. The van der Waals surface area contributed by atoms with Gasteiger partial charge in [0.1, 0.15) is 6.29 Å². The average Bonchev–Trinajstić information content (AvgIpc) is 2.30. The first kappa shape index (κ1) is 13.9. The van der Waals surface area contributed by atoms with Crippen LogP contribution >= 0.6 is 0 Å². The highest BCUT2D eigenvalue weighted by Gasteiger charge is 2.22. The van der Waals surface area contributed by atoms with E-state index in [4.69, 9.17) is 0 Å². The molecule has 0 radical (unpaired) electrons. The lowest BCUT2D eigenvalue weighted by Gasteiger charge is -2.19. The molecule has 94 valence electrons. The third-order valence-corrected chi connectivity index (χ3v) is 4.50. The van der Waals surface area contributed by atoms with Gasteiger partial charge in [-0.05, 0) is 19.1 Å². The van der Waals surface area contributed by atoms with Crippen molar-refractivity contribution < 1.29 is 13.2 Å². The summed E-state index contributed by atoms with van der Waals surface area (Å²) in [6.45, 7) is 4.26. The lowest BCUT2D eigenvalue weighted by atomic mass is 10.2. The zero-order valence-corrected chi connectivity index (χ0v) is 10.9. The van der Waals surface area contributed by atoms with Crippen molar-refractivity contribution >= 4 is 16.3 Å². The summed E-state index contributed by atoms with van der Waals surface area (Å²) in [5.41, 5.74) is 1.01. The summed E-state index contributed by atoms with van der Waals surface area (Å²) in [4.78, 5) is 10.6. The van der Waals surface area contributed by atoms with Crippen LogP contribution in [0.4, 0.5) is 0 Å². The van der Waals surface area contributed by atoms with E-state index in [1.807, 2.05) is 6.92 Å². The summed E-state index contributed by atoms with van der Waals surface area (Å²) in [5.74, 6) is 0. The molecule has 17 heavy (non-hydrogen) atoms. The SMILES string of the molecule is CCN(CCC=O)S(=O)(=O)c1ccc(C)cc1. The first-order valence-corrected chi connectivity index (χ1v) is 6.96. The van der Waals surface area contributed by atoms with Gasteiger partial charge in [-0.15, -0.1) is 0 Å². The van der Waals surface area contributed by atoms with E-state index in [2.05, 4.69) is 0 Å². The Labute approximate surface area is 102 Å². The van der Waals surface area contributed by atoms with Crippen LogP contribution in [0.5, 0.6) is 0 Å². The molecule has 0 aromatic heterocycles. The van der Waals surface area contributed by atoms with E-state index in [1.54, 1.807) is 31.2 Å². The van der Waals surface area contributed by atoms with E-state index in [0.717, 1.165) is 11.8 Å². The van der Waals surface area contributed by atoms with Crippen molar-refractivity contribution in [1.29, 1.82) is 0 Å². The number of sulfonamides is 1. The minimum absolute atomic E-state index is 0.221. The lowest BCUT2D eigenvalue weighted by Crippen LogP contribution is -2.32. The third-order valence-electron chi connectivity index (χ3n) is 2.51. The zero-order valence-electron chi connectivity index (χ0n) is 10.1. The molecule has 5 heteroatoms. The van der Waals surface area contributed by atoms with Crippen LogP contribution in [-0.4, -0.2) is 32.1 Å². The van der Waals surface area contributed by atoms with E-state index in [0.29, 0.717) is 6.54 Å². The molecule has 1 aromatic rings. The number of aryl methyl sites for hydroxylation is 1. The van der Waals surface area contributed by atoms with Gasteiger partial charge >= 0.3 is 0 Å². The van der Waals surface area contributed by atoms with Gasteiger partial charge in [-0.3, -0.25) is 0 Å². The molecule has 0 amide bonds. The van der Waals surface area contributed by atoms with Gasteiger partial charge in [0.05, 0.1) is 4.90 Å². The Bertz CT molecular complexity index is 465. The van der Waals surface area contributed by atoms with Gasteiger partial charge in [-0.2, -0.15) is 4.31 Å². The van der Waals surface area contributed by atoms with Crippen molar-refractivity contribution in [2.75, 3.05) is 13.1 Å². The summed E-state index contributed by atoms with van der Waals surface area (Å²) in [7, 11) is -3.47. The van der Waals surface area contributed by atoms with Crippen molar-refractivity contribution in [1.82, 2.24) is 4.31 Å². The number of nitrogens with zero attached hydrogens (tertiary/aromatic N) is 1. The number of carbonyl (C=O) groups excluding carboxylic acids is 1. The Morgan fingerprint density at radius 1 is 1.24 bits per heavy atom. The summed E-state index contributed by atoms with van der Waals surface area (Å²) in [6.07, 6.45) is 0.951. The predicted octanol–water partition coefficient (Wildman–Crippen LogP) is 1.59. The van der Waals surface area contributed by atoms with Gasteiger partial charge in [-0.25, -0.2) is 8.42 Å². The number of carbonyl (C=O) groups is 1. The second kappa shape index (κ2) is 5.93. The Balaban J connectivity index is 2.99. The monoisotopic (exact) mass is 255 g/mol. The molecule has 0 unspecified atom stereocenters. The molecule has 1 rings (SSSR count). The fraction of sp³-hybridized carbons (Fsp3) is 0.417. The van der Waals surface area contributed by atoms with E-state index in [9.17, 15) is 13.2 Å². The highest BCUT2D eigenvalue weighted by Crippen LogP contribution is 2.16. The largest absolute Gasteiger partial charge is 0.303 e. The van der Waals surface area contributed by atoms with Gasteiger partial charge in [0.15, 0.2) is 0 Å². The van der Waals surface area contributed by atoms with Crippen LogP contribution < -0.4 is 0 Å². The molecular weight excluding hydrogens is 238 g/mol. The number of hydrogen-bond acceptors (Lipinski definition) is 3. The van der Waals surface area contributed by atoms with Gasteiger partial charge in [-0.1, -0.05) is 24.6 Å². The van der Waals surface area contributed by atoms with E-state index < -0.39 is 10.0 Å². The van der Waals surface area contributed by atoms with Crippen molar-refractivity contribution in [3.05, 3.63) is 29.8 Å². The number of hydrogen-bond donors (Lipinski definition) is 0. The molecule has 0 saturated carbocycles. The Morgan fingerprint density at radius 2 is 1.82 bits per heavy atom. The summed E-state index contributed by atoms with van der Waals surface area (Å²) in [6, 6.07) is 6.71. The van der Waals surface area contributed by atoms with Crippen molar-refractivity contribution in [3.63, 3.8) is 0 Å². The molecule has 0 aliphatic rings. The van der Waals surface area contributed by atoms with Crippen LogP contribution in [0.25, 0.3) is 0 Å². The average molecular weight is 255 g/mol. The quantitative estimate of drug-likeness (QED) is 0.725. The third kappa shape index (κ3) is 3.38. The predicted molar refractivity (Wildman–Crippen MR) is 66.3 cm³/mol. The number of aldehydes is 1. The van der Waals surface area contributed by atoms with Gasteiger partial charge < -0.3 is 4.79 Å². The molecular formula is C12H17NO3S. The molecule has 0 spiro atoms. The van der Waals surface area contributed by atoms with E-state index in [1.165, 1.54) is 4.31 Å². The minimum Gasteiger partial charge on any atom is -0.303 e. The highest BCUT2D eigenvalue weighted by atomic mass is 32.2. The van der Waals surface area contributed by atoms with E-state index in [-0.39, 0.29) is 17.9 Å². The van der Waals surface area contributed by atoms with Crippen molar-refractivity contribution in [2.24, 2.45) is 0 Å². The Kier molecular flexibility index (Phi) is 4.84. The fourth-order valence-electron chi connectivity index (χ4n) is 1.50. The van der Waals surface area contributed by atoms with Crippen LogP contribution in [0.3, 0.4) is 0 Å². The van der Waals surface area contributed by atoms with Crippen LogP contribution in [-0.2, 0) is 14.8 Å². The van der Waals surface area contributed by atoms with Crippen LogP contribution in [0.15, 0.2) is 29.2 Å². The second-order valence-electron chi connectivity index (χ2n) is 3.77.